The highest BCUT2D eigenvalue weighted by Gasteiger charge is 2.14. The summed E-state index contributed by atoms with van der Waals surface area (Å²) >= 11 is 0. The van der Waals surface area contributed by atoms with Gasteiger partial charge in [0.1, 0.15) is 5.75 Å². The third kappa shape index (κ3) is 2.58. The maximum atomic E-state index is 5.52. The first-order valence-corrected chi connectivity index (χ1v) is 5.26. The molecule has 16 heavy (non-hydrogen) atoms. The Bertz CT molecular complexity index is 339. The van der Waals surface area contributed by atoms with Crippen LogP contribution in [0.1, 0.15) is 12.0 Å². The molecule has 0 heterocycles. The Labute approximate surface area is 96.3 Å². The van der Waals surface area contributed by atoms with Crippen LogP contribution < -0.4 is 19.9 Å². The van der Waals surface area contributed by atoms with Crippen LogP contribution in [-0.2, 0) is 6.42 Å². The highest BCUT2D eigenvalue weighted by atomic mass is 16.5. The summed E-state index contributed by atoms with van der Waals surface area (Å²) < 4.78 is 15.9. The lowest BCUT2D eigenvalue weighted by Gasteiger charge is -2.15. The van der Waals surface area contributed by atoms with E-state index < -0.39 is 0 Å². The van der Waals surface area contributed by atoms with Crippen LogP contribution in [0.15, 0.2) is 12.1 Å². The smallest absolute Gasteiger partial charge is 0.167 e. The number of hydrogen-bond acceptors (Lipinski definition) is 4. The molecule has 0 unspecified atom stereocenters. The van der Waals surface area contributed by atoms with Crippen LogP contribution in [0.3, 0.4) is 0 Å². The van der Waals surface area contributed by atoms with Gasteiger partial charge >= 0.3 is 0 Å². The molecule has 0 saturated heterocycles. The van der Waals surface area contributed by atoms with Crippen molar-refractivity contribution in [3.8, 4) is 17.2 Å². The molecule has 0 aliphatic rings. The average molecular weight is 225 g/mol. The molecule has 0 bridgehead atoms. The molecule has 0 fully saturated rings. The van der Waals surface area contributed by atoms with E-state index in [0.29, 0.717) is 6.54 Å². The molecular weight excluding hydrogens is 206 g/mol. The van der Waals surface area contributed by atoms with Crippen molar-refractivity contribution >= 4 is 0 Å². The second-order valence-corrected chi connectivity index (χ2v) is 3.37. The maximum Gasteiger partial charge on any atom is 0.167 e. The summed E-state index contributed by atoms with van der Waals surface area (Å²) in [4.78, 5) is 0. The number of rotatable bonds is 6. The van der Waals surface area contributed by atoms with Gasteiger partial charge in [-0.15, -0.1) is 0 Å². The van der Waals surface area contributed by atoms with Crippen molar-refractivity contribution in [2.75, 3.05) is 27.9 Å². The van der Waals surface area contributed by atoms with Gasteiger partial charge in [0, 0.05) is 5.56 Å². The van der Waals surface area contributed by atoms with Gasteiger partial charge in [-0.1, -0.05) is 0 Å². The summed E-state index contributed by atoms with van der Waals surface area (Å²) in [5.41, 5.74) is 6.53. The number of ether oxygens (including phenoxy) is 3. The Morgan fingerprint density at radius 3 is 2.12 bits per heavy atom. The Kier molecular flexibility index (Phi) is 4.92. The van der Waals surface area contributed by atoms with Gasteiger partial charge in [-0.3, -0.25) is 0 Å². The molecule has 1 rings (SSSR count). The Balaban J connectivity index is 3.14. The van der Waals surface area contributed by atoms with Crippen LogP contribution >= 0.6 is 0 Å². The van der Waals surface area contributed by atoms with E-state index in [2.05, 4.69) is 0 Å². The van der Waals surface area contributed by atoms with E-state index in [9.17, 15) is 0 Å². The van der Waals surface area contributed by atoms with Crippen LogP contribution in [0.2, 0.25) is 0 Å². The van der Waals surface area contributed by atoms with E-state index in [-0.39, 0.29) is 0 Å². The van der Waals surface area contributed by atoms with Gasteiger partial charge in [-0.2, -0.15) is 0 Å². The Morgan fingerprint density at radius 1 is 1.00 bits per heavy atom. The molecule has 0 amide bonds. The molecule has 0 aromatic heterocycles. The normalized spacial score (nSPS) is 10.0. The minimum absolute atomic E-state index is 0.642. The van der Waals surface area contributed by atoms with Crippen LogP contribution in [0.25, 0.3) is 0 Å². The molecule has 0 spiro atoms. The minimum Gasteiger partial charge on any atom is -0.496 e. The first kappa shape index (κ1) is 12.6. The van der Waals surface area contributed by atoms with Crippen molar-refractivity contribution in [3.05, 3.63) is 17.7 Å². The van der Waals surface area contributed by atoms with Gasteiger partial charge in [0.25, 0.3) is 0 Å². The first-order chi connectivity index (χ1) is 7.78. The van der Waals surface area contributed by atoms with Crippen molar-refractivity contribution in [1.82, 2.24) is 0 Å². The predicted octanol–water partition coefficient (Wildman–Crippen LogP) is 1.60. The van der Waals surface area contributed by atoms with Crippen LogP contribution in [0.4, 0.5) is 0 Å². The molecule has 0 aliphatic heterocycles. The summed E-state index contributed by atoms with van der Waals surface area (Å²) in [6.45, 7) is 0.642. The summed E-state index contributed by atoms with van der Waals surface area (Å²) in [6, 6.07) is 3.72. The van der Waals surface area contributed by atoms with Crippen LogP contribution in [-0.4, -0.2) is 27.9 Å². The lowest BCUT2D eigenvalue weighted by atomic mass is 10.1. The SMILES string of the molecule is COc1ccc(OC)c(OC)c1CCCN. The van der Waals surface area contributed by atoms with Crippen molar-refractivity contribution in [2.45, 2.75) is 12.8 Å². The average Bonchev–Trinajstić information content (AvgIpc) is 2.34. The van der Waals surface area contributed by atoms with E-state index in [1.165, 1.54) is 0 Å². The summed E-state index contributed by atoms with van der Waals surface area (Å²) in [6.07, 6.45) is 1.71. The molecule has 4 heteroatoms. The van der Waals surface area contributed by atoms with E-state index >= 15 is 0 Å². The third-order valence-corrected chi connectivity index (χ3v) is 2.46. The molecule has 2 N–H and O–H groups in total. The van der Waals surface area contributed by atoms with E-state index in [0.717, 1.165) is 35.7 Å². The quantitative estimate of drug-likeness (QED) is 0.799. The molecule has 90 valence electrons. The van der Waals surface area contributed by atoms with Gasteiger partial charge in [-0.05, 0) is 31.5 Å². The van der Waals surface area contributed by atoms with Crippen molar-refractivity contribution in [1.29, 1.82) is 0 Å². The zero-order valence-corrected chi connectivity index (χ0v) is 10.1. The molecule has 0 radical (unpaired) electrons. The summed E-state index contributed by atoms with van der Waals surface area (Å²) in [5.74, 6) is 2.26. The number of hydrogen-bond donors (Lipinski definition) is 1. The zero-order chi connectivity index (χ0) is 12.0. The van der Waals surface area contributed by atoms with Crippen LogP contribution in [0, 0.1) is 0 Å². The fraction of sp³-hybridized carbons (Fsp3) is 0.500. The number of nitrogens with two attached hydrogens (primary N) is 1. The summed E-state index contributed by atoms with van der Waals surface area (Å²) in [5, 5.41) is 0. The largest absolute Gasteiger partial charge is 0.496 e. The second kappa shape index (κ2) is 6.23. The van der Waals surface area contributed by atoms with Gasteiger partial charge in [0.2, 0.25) is 0 Å². The third-order valence-electron chi connectivity index (χ3n) is 2.46. The summed E-state index contributed by atoms with van der Waals surface area (Å²) in [7, 11) is 4.90. The highest BCUT2D eigenvalue weighted by Crippen LogP contribution is 2.37. The van der Waals surface area contributed by atoms with E-state index in [1.54, 1.807) is 21.3 Å². The lowest BCUT2D eigenvalue weighted by Crippen LogP contribution is -2.04. The minimum atomic E-state index is 0.642. The van der Waals surface area contributed by atoms with E-state index in [4.69, 9.17) is 19.9 Å². The Hall–Kier alpha value is -1.42. The standard InChI is InChI=1S/C12H19NO3/c1-14-10-6-7-11(15-2)12(16-3)9(10)5-4-8-13/h6-7H,4-5,8,13H2,1-3H3. The van der Waals surface area contributed by atoms with Gasteiger partial charge < -0.3 is 19.9 Å². The Morgan fingerprint density at radius 2 is 1.62 bits per heavy atom. The van der Waals surface area contributed by atoms with Crippen molar-refractivity contribution in [3.63, 3.8) is 0 Å². The second-order valence-electron chi connectivity index (χ2n) is 3.37. The fourth-order valence-electron chi connectivity index (χ4n) is 1.68. The van der Waals surface area contributed by atoms with Crippen molar-refractivity contribution in [2.24, 2.45) is 5.73 Å². The van der Waals surface area contributed by atoms with Gasteiger partial charge in [0.05, 0.1) is 21.3 Å². The van der Waals surface area contributed by atoms with E-state index in [1.807, 2.05) is 12.1 Å². The molecule has 1 aromatic rings. The topological polar surface area (TPSA) is 53.7 Å². The highest BCUT2D eigenvalue weighted by molar-refractivity contribution is 5.54. The zero-order valence-electron chi connectivity index (χ0n) is 10.1. The predicted molar refractivity (Wildman–Crippen MR) is 63.5 cm³/mol. The van der Waals surface area contributed by atoms with Gasteiger partial charge in [0.15, 0.2) is 11.5 Å². The number of methoxy groups -OCH3 is 3. The lowest BCUT2D eigenvalue weighted by molar-refractivity contribution is 0.343. The monoisotopic (exact) mass is 225 g/mol. The molecule has 1 aromatic carbocycles. The first-order valence-electron chi connectivity index (χ1n) is 5.26. The molecule has 0 atom stereocenters. The maximum absolute atomic E-state index is 5.52. The molecule has 0 aliphatic carbocycles. The fourth-order valence-corrected chi connectivity index (χ4v) is 1.68. The van der Waals surface area contributed by atoms with Crippen molar-refractivity contribution < 1.29 is 14.2 Å². The molecule has 0 saturated carbocycles. The molecule has 4 nitrogen and oxygen atoms in total. The van der Waals surface area contributed by atoms with Gasteiger partial charge in [-0.25, -0.2) is 0 Å². The van der Waals surface area contributed by atoms with Crippen LogP contribution in [0.5, 0.6) is 17.2 Å². The molecular formula is C12H19NO3. The number of benzene rings is 1.